The van der Waals surface area contributed by atoms with E-state index in [2.05, 4.69) is 15.4 Å². The van der Waals surface area contributed by atoms with Crippen molar-refractivity contribution in [2.24, 2.45) is 5.92 Å². The Balaban J connectivity index is 0.00000120. The Morgan fingerprint density at radius 2 is 2.06 bits per heavy atom. The van der Waals surface area contributed by atoms with Gasteiger partial charge < -0.3 is 5.32 Å². The van der Waals surface area contributed by atoms with Crippen molar-refractivity contribution < 1.29 is 13.2 Å². The third-order valence-corrected chi connectivity index (χ3v) is 3.25. The summed E-state index contributed by atoms with van der Waals surface area (Å²) in [5.74, 6) is 0.0672. The van der Waals surface area contributed by atoms with E-state index in [1.165, 1.54) is 17.5 Å². The summed E-state index contributed by atoms with van der Waals surface area (Å²) < 4.78 is 38.9. The van der Waals surface area contributed by atoms with Crippen molar-refractivity contribution in [3.63, 3.8) is 0 Å². The van der Waals surface area contributed by atoms with Crippen LogP contribution < -0.4 is 5.32 Å². The number of rotatable bonds is 2. The van der Waals surface area contributed by atoms with Crippen LogP contribution in [-0.4, -0.2) is 21.3 Å². The van der Waals surface area contributed by atoms with E-state index < -0.39 is 12.0 Å². The molecule has 1 N–H and O–H groups in total. The lowest BCUT2D eigenvalue weighted by atomic mass is 10.1. The zero-order valence-corrected chi connectivity index (χ0v) is 10.4. The number of hydrogen-bond acceptors (Lipinski definition) is 3. The molecule has 1 aromatic heterocycles. The van der Waals surface area contributed by atoms with Gasteiger partial charge in [0.15, 0.2) is 0 Å². The van der Waals surface area contributed by atoms with Crippen LogP contribution in [0.2, 0.25) is 0 Å². The first-order chi connectivity index (χ1) is 8.04. The second-order valence-electron chi connectivity index (χ2n) is 4.70. The van der Waals surface area contributed by atoms with Gasteiger partial charge >= 0.3 is 6.18 Å². The van der Waals surface area contributed by atoms with E-state index in [9.17, 15) is 13.2 Å². The summed E-state index contributed by atoms with van der Waals surface area (Å²) in [6.07, 6.45) is -1.22. The summed E-state index contributed by atoms with van der Waals surface area (Å²) in [6.45, 7) is 1.12. The zero-order valence-electron chi connectivity index (χ0n) is 9.57. The Morgan fingerprint density at radius 3 is 2.67 bits per heavy atom. The van der Waals surface area contributed by atoms with Crippen LogP contribution in [0.15, 0.2) is 0 Å². The van der Waals surface area contributed by atoms with Crippen molar-refractivity contribution in [2.75, 3.05) is 6.54 Å². The molecule has 102 valence electrons. The molecule has 1 aliphatic heterocycles. The SMILES string of the molecule is Cl.FC(F)(F)c1nc2n(n1)CCNC2CC1CC1. The molecule has 1 saturated carbocycles. The maximum atomic E-state index is 12.5. The molecule has 1 aromatic rings. The average molecular weight is 283 g/mol. The third-order valence-electron chi connectivity index (χ3n) is 3.25. The van der Waals surface area contributed by atoms with Crippen molar-refractivity contribution in [1.82, 2.24) is 20.1 Å². The van der Waals surface area contributed by atoms with Gasteiger partial charge in [-0.3, -0.25) is 0 Å². The quantitative estimate of drug-likeness (QED) is 0.904. The number of hydrogen-bond donors (Lipinski definition) is 1. The van der Waals surface area contributed by atoms with Gasteiger partial charge in [0.05, 0.1) is 12.6 Å². The normalized spacial score (nSPS) is 23.4. The van der Waals surface area contributed by atoms with E-state index in [0.29, 0.717) is 24.8 Å². The molecule has 0 amide bonds. The number of fused-ring (bicyclic) bond motifs is 1. The van der Waals surface area contributed by atoms with Gasteiger partial charge in [0.1, 0.15) is 5.82 Å². The Labute approximate surface area is 108 Å². The molecule has 1 unspecified atom stereocenters. The monoisotopic (exact) mass is 282 g/mol. The van der Waals surface area contributed by atoms with Crippen molar-refractivity contribution in [1.29, 1.82) is 0 Å². The zero-order chi connectivity index (χ0) is 12.0. The number of nitrogens with one attached hydrogen (secondary N) is 1. The highest BCUT2D eigenvalue weighted by molar-refractivity contribution is 5.85. The molecule has 1 atom stereocenters. The Hall–Kier alpha value is -0.820. The Morgan fingerprint density at radius 1 is 1.33 bits per heavy atom. The molecular formula is C10H14ClF3N4. The summed E-state index contributed by atoms with van der Waals surface area (Å²) in [5, 5.41) is 6.76. The van der Waals surface area contributed by atoms with E-state index in [1.807, 2.05) is 0 Å². The fourth-order valence-corrected chi connectivity index (χ4v) is 2.21. The lowest BCUT2D eigenvalue weighted by Crippen LogP contribution is -2.34. The minimum atomic E-state index is -4.45. The van der Waals surface area contributed by atoms with Gasteiger partial charge in [-0.25, -0.2) is 9.67 Å². The highest BCUT2D eigenvalue weighted by Gasteiger charge is 2.39. The van der Waals surface area contributed by atoms with Gasteiger partial charge in [-0.15, -0.1) is 17.5 Å². The second kappa shape index (κ2) is 4.70. The summed E-state index contributed by atoms with van der Waals surface area (Å²) in [5.41, 5.74) is 0. The van der Waals surface area contributed by atoms with Crippen LogP contribution in [0.4, 0.5) is 13.2 Å². The molecule has 8 heteroatoms. The lowest BCUT2D eigenvalue weighted by molar-refractivity contribution is -0.145. The van der Waals surface area contributed by atoms with Gasteiger partial charge in [-0.1, -0.05) is 12.8 Å². The first-order valence-electron chi connectivity index (χ1n) is 5.79. The smallest absolute Gasteiger partial charge is 0.305 e. The summed E-state index contributed by atoms with van der Waals surface area (Å²) in [7, 11) is 0. The van der Waals surface area contributed by atoms with Gasteiger partial charge in [0, 0.05) is 6.54 Å². The Bertz CT molecular complexity index is 427. The average Bonchev–Trinajstić information content (AvgIpc) is 2.93. The summed E-state index contributed by atoms with van der Waals surface area (Å²) >= 11 is 0. The maximum Gasteiger partial charge on any atom is 0.453 e. The fourth-order valence-electron chi connectivity index (χ4n) is 2.21. The molecule has 1 aliphatic carbocycles. The standard InChI is InChI=1S/C10H13F3N4.ClH/c11-10(12,13)9-15-8-7(5-6-1-2-6)14-3-4-17(8)16-9;/h6-7,14H,1-5H2;1H. The topological polar surface area (TPSA) is 42.7 Å². The number of nitrogens with zero attached hydrogens (tertiary/aromatic N) is 3. The summed E-state index contributed by atoms with van der Waals surface area (Å²) in [4.78, 5) is 3.65. The molecule has 2 heterocycles. The van der Waals surface area contributed by atoms with Crippen molar-refractivity contribution >= 4 is 12.4 Å². The van der Waals surface area contributed by atoms with Crippen LogP contribution in [0.3, 0.4) is 0 Å². The maximum absolute atomic E-state index is 12.5. The van der Waals surface area contributed by atoms with Crippen LogP contribution in [-0.2, 0) is 12.7 Å². The highest BCUT2D eigenvalue weighted by Crippen LogP contribution is 2.38. The van der Waals surface area contributed by atoms with E-state index in [1.54, 1.807) is 0 Å². The molecule has 0 bridgehead atoms. The Kier molecular flexibility index (Phi) is 3.55. The second-order valence-corrected chi connectivity index (χ2v) is 4.70. The molecule has 0 saturated heterocycles. The minimum absolute atomic E-state index is 0. The van der Waals surface area contributed by atoms with Gasteiger partial charge in [-0.05, 0) is 12.3 Å². The molecule has 3 rings (SSSR count). The first-order valence-corrected chi connectivity index (χ1v) is 5.79. The van der Waals surface area contributed by atoms with Gasteiger partial charge in [0.25, 0.3) is 5.82 Å². The molecular weight excluding hydrogens is 269 g/mol. The van der Waals surface area contributed by atoms with E-state index in [4.69, 9.17) is 0 Å². The molecule has 2 aliphatic rings. The number of halogens is 4. The molecule has 4 nitrogen and oxygen atoms in total. The highest BCUT2D eigenvalue weighted by atomic mass is 35.5. The third kappa shape index (κ3) is 2.61. The van der Waals surface area contributed by atoms with E-state index >= 15 is 0 Å². The predicted molar refractivity (Wildman–Crippen MR) is 60.4 cm³/mol. The molecule has 0 radical (unpaired) electrons. The lowest BCUT2D eigenvalue weighted by Gasteiger charge is -2.23. The predicted octanol–water partition coefficient (Wildman–Crippen LogP) is 2.16. The van der Waals surface area contributed by atoms with Crippen LogP contribution in [0.1, 0.15) is 37.0 Å². The largest absolute Gasteiger partial charge is 0.453 e. The fraction of sp³-hybridized carbons (Fsp3) is 0.800. The van der Waals surface area contributed by atoms with Crippen LogP contribution in [0.5, 0.6) is 0 Å². The molecule has 0 aromatic carbocycles. The van der Waals surface area contributed by atoms with E-state index in [-0.39, 0.29) is 18.4 Å². The van der Waals surface area contributed by atoms with Crippen LogP contribution >= 0.6 is 12.4 Å². The summed E-state index contributed by atoms with van der Waals surface area (Å²) in [6, 6.07) is -0.0696. The number of alkyl halides is 3. The molecule has 0 spiro atoms. The van der Waals surface area contributed by atoms with Gasteiger partial charge in [0.2, 0.25) is 0 Å². The van der Waals surface area contributed by atoms with Gasteiger partial charge in [-0.2, -0.15) is 13.2 Å². The van der Waals surface area contributed by atoms with E-state index in [0.717, 1.165) is 6.42 Å². The van der Waals surface area contributed by atoms with Crippen molar-refractivity contribution in [3.05, 3.63) is 11.6 Å². The van der Waals surface area contributed by atoms with Crippen molar-refractivity contribution in [3.8, 4) is 0 Å². The van der Waals surface area contributed by atoms with Crippen LogP contribution in [0, 0.1) is 5.92 Å². The van der Waals surface area contributed by atoms with Crippen LogP contribution in [0.25, 0.3) is 0 Å². The minimum Gasteiger partial charge on any atom is -0.305 e. The number of aromatic nitrogens is 3. The molecule has 18 heavy (non-hydrogen) atoms. The molecule has 1 fully saturated rings. The first kappa shape index (κ1) is 13.6. The van der Waals surface area contributed by atoms with Crippen molar-refractivity contribution in [2.45, 2.75) is 38.0 Å².